The minimum absolute atomic E-state index is 0.149. The minimum Gasteiger partial charge on any atom is -0.480 e. The van der Waals surface area contributed by atoms with Crippen LogP contribution in [-0.4, -0.2) is 65.4 Å². The fourth-order valence-electron chi connectivity index (χ4n) is 3.53. The smallest absolute Gasteiger partial charge is 0.330 e. The topological polar surface area (TPSA) is 197 Å². The molecule has 0 heterocycles. The van der Waals surface area contributed by atoms with Gasteiger partial charge < -0.3 is 26.2 Å². The standard InChI is InChI=1S/C28H32ClN5O8/c1-28(2,3)24(32-25(39)17-10-11-19(30)18(29)14-17)27(41)31-23(16-8-6-5-7-9-16)26(40)33-34(15-21(36)37)20(35)12-13-22(38)42-4/h5-14,23-24H,15,30H2,1-4H3,(H,31,41)(H,32,39)(H,33,40)(H,36,37)/b13-12+/t23-,24+/m0/s1. The van der Waals surface area contributed by atoms with E-state index in [9.17, 15) is 33.9 Å². The summed E-state index contributed by atoms with van der Waals surface area (Å²) in [5.41, 5.74) is 7.76. The van der Waals surface area contributed by atoms with Gasteiger partial charge in [-0.2, -0.15) is 0 Å². The van der Waals surface area contributed by atoms with Crippen molar-refractivity contribution in [2.75, 3.05) is 19.4 Å². The van der Waals surface area contributed by atoms with Crippen LogP contribution in [0.4, 0.5) is 5.69 Å². The maximum atomic E-state index is 13.6. The number of carbonyl (C=O) groups is 6. The first-order valence-electron chi connectivity index (χ1n) is 12.4. The Morgan fingerprint density at radius 3 is 2.19 bits per heavy atom. The molecule has 13 nitrogen and oxygen atoms in total. The highest BCUT2D eigenvalue weighted by Crippen LogP contribution is 2.24. The Balaban J connectivity index is 2.37. The first-order chi connectivity index (χ1) is 19.6. The fourth-order valence-corrected chi connectivity index (χ4v) is 3.71. The monoisotopic (exact) mass is 601 g/mol. The Labute approximate surface area is 247 Å². The van der Waals surface area contributed by atoms with Crippen LogP contribution < -0.4 is 21.8 Å². The second-order valence-electron chi connectivity index (χ2n) is 10.0. The normalized spacial score (nSPS) is 12.5. The van der Waals surface area contributed by atoms with E-state index in [4.69, 9.17) is 17.3 Å². The number of carboxylic acids is 1. The number of rotatable bonds is 10. The molecule has 0 bridgehead atoms. The van der Waals surface area contributed by atoms with Crippen LogP contribution in [0.15, 0.2) is 60.7 Å². The number of hydrogen-bond donors (Lipinski definition) is 5. The lowest BCUT2D eigenvalue weighted by atomic mass is 9.85. The number of nitrogen functional groups attached to an aromatic ring is 1. The molecule has 2 rings (SSSR count). The molecule has 4 amide bonds. The number of ether oxygens (including phenoxy) is 1. The third-order valence-corrected chi connectivity index (χ3v) is 6.04. The van der Waals surface area contributed by atoms with Crippen LogP contribution >= 0.6 is 11.6 Å². The minimum atomic E-state index is -1.46. The summed E-state index contributed by atoms with van der Waals surface area (Å²) in [6.07, 6.45) is 1.48. The Hall–Kier alpha value is -4.91. The number of amides is 4. The van der Waals surface area contributed by atoms with Gasteiger partial charge in [-0.05, 0) is 29.2 Å². The number of anilines is 1. The summed E-state index contributed by atoms with van der Waals surface area (Å²) in [4.78, 5) is 75.3. The molecule has 0 aliphatic rings. The summed E-state index contributed by atoms with van der Waals surface area (Å²) in [6.45, 7) is 4.14. The van der Waals surface area contributed by atoms with E-state index in [1.54, 1.807) is 39.0 Å². The van der Waals surface area contributed by atoms with Gasteiger partial charge in [0.1, 0.15) is 18.6 Å². The zero-order chi connectivity index (χ0) is 31.6. The molecule has 0 saturated carbocycles. The number of nitrogens with two attached hydrogens (primary N) is 1. The lowest BCUT2D eigenvalue weighted by Crippen LogP contribution is -2.57. The van der Waals surface area contributed by atoms with E-state index >= 15 is 0 Å². The van der Waals surface area contributed by atoms with Crippen molar-refractivity contribution >= 4 is 52.9 Å². The van der Waals surface area contributed by atoms with Crippen LogP contribution in [0.3, 0.4) is 0 Å². The zero-order valence-corrected chi connectivity index (χ0v) is 24.1. The highest BCUT2D eigenvalue weighted by atomic mass is 35.5. The number of esters is 1. The lowest BCUT2D eigenvalue weighted by Gasteiger charge is -2.32. The molecule has 0 radical (unpaired) electrons. The van der Waals surface area contributed by atoms with Gasteiger partial charge in [-0.3, -0.25) is 29.4 Å². The number of carboxylic acid groups (broad SMARTS) is 1. The molecule has 2 aromatic rings. The van der Waals surface area contributed by atoms with Crippen molar-refractivity contribution in [1.82, 2.24) is 21.1 Å². The van der Waals surface area contributed by atoms with E-state index in [1.807, 2.05) is 0 Å². The van der Waals surface area contributed by atoms with E-state index in [0.29, 0.717) is 10.6 Å². The summed E-state index contributed by atoms with van der Waals surface area (Å²) in [5, 5.41) is 15.1. The Bertz CT molecular complexity index is 1370. The first-order valence-corrected chi connectivity index (χ1v) is 12.8. The van der Waals surface area contributed by atoms with Crippen LogP contribution in [0.25, 0.3) is 0 Å². The van der Waals surface area contributed by atoms with Gasteiger partial charge in [0.05, 0.1) is 17.8 Å². The quantitative estimate of drug-likeness (QED) is 0.116. The highest BCUT2D eigenvalue weighted by molar-refractivity contribution is 6.33. The molecular formula is C28H32ClN5O8. The van der Waals surface area contributed by atoms with Crippen molar-refractivity contribution < 1.29 is 38.6 Å². The number of halogens is 1. The van der Waals surface area contributed by atoms with Crippen molar-refractivity contribution in [2.24, 2.45) is 5.41 Å². The molecule has 0 aromatic heterocycles. The third-order valence-electron chi connectivity index (χ3n) is 5.72. The molecule has 0 unspecified atom stereocenters. The van der Waals surface area contributed by atoms with Crippen molar-refractivity contribution in [3.05, 3.63) is 76.8 Å². The molecule has 2 atom stereocenters. The van der Waals surface area contributed by atoms with Crippen LogP contribution in [0.1, 0.15) is 42.7 Å². The number of benzene rings is 2. The number of carbonyl (C=O) groups excluding carboxylic acids is 5. The average molecular weight is 602 g/mol. The molecule has 0 spiro atoms. The first kappa shape index (κ1) is 33.3. The number of methoxy groups -OCH3 is 1. The van der Waals surface area contributed by atoms with E-state index in [0.717, 1.165) is 19.3 Å². The predicted octanol–water partition coefficient (Wildman–Crippen LogP) is 1.60. The highest BCUT2D eigenvalue weighted by Gasteiger charge is 2.36. The van der Waals surface area contributed by atoms with Gasteiger partial charge in [0.25, 0.3) is 17.7 Å². The molecular weight excluding hydrogens is 570 g/mol. The largest absolute Gasteiger partial charge is 0.480 e. The van der Waals surface area contributed by atoms with E-state index in [-0.39, 0.29) is 16.3 Å². The van der Waals surface area contributed by atoms with Crippen molar-refractivity contribution in [3.63, 3.8) is 0 Å². The summed E-state index contributed by atoms with van der Waals surface area (Å²) >= 11 is 6.04. The summed E-state index contributed by atoms with van der Waals surface area (Å²) in [6, 6.07) is 9.60. The molecule has 224 valence electrons. The average Bonchev–Trinajstić information content (AvgIpc) is 2.93. The van der Waals surface area contributed by atoms with Crippen LogP contribution in [0, 0.1) is 5.41 Å². The van der Waals surface area contributed by atoms with Crippen molar-refractivity contribution in [3.8, 4) is 0 Å². The van der Waals surface area contributed by atoms with E-state index in [2.05, 4.69) is 20.8 Å². The summed E-state index contributed by atoms with van der Waals surface area (Å²) in [7, 11) is 1.08. The number of aliphatic carboxylic acids is 1. The fraction of sp³-hybridized carbons (Fsp3) is 0.286. The molecule has 0 aliphatic carbocycles. The van der Waals surface area contributed by atoms with Gasteiger partial charge in [-0.25, -0.2) is 9.80 Å². The molecule has 42 heavy (non-hydrogen) atoms. The second kappa shape index (κ2) is 14.6. The SMILES string of the molecule is COC(=O)/C=C/C(=O)N(CC(=O)O)NC(=O)[C@@H](NC(=O)[C@@H](NC(=O)c1ccc(N)c(Cl)c1)C(C)(C)C)c1ccccc1. The lowest BCUT2D eigenvalue weighted by molar-refractivity contribution is -0.148. The Kier molecular flexibility index (Phi) is 11.6. The number of nitrogens with one attached hydrogen (secondary N) is 3. The molecule has 0 fully saturated rings. The number of nitrogens with zero attached hydrogens (tertiary/aromatic N) is 1. The van der Waals surface area contributed by atoms with Gasteiger partial charge in [-0.1, -0.05) is 62.7 Å². The number of hydrazine groups is 1. The third kappa shape index (κ3) is 9.63. The maximum Gasteiger partial charge on any atom is 0.330 e. The van der Waals surface area contributed by atoms with Gasteiger partial charge in [-0.15, -0.1) is 0 Å². The van der Waals surface area contributed by atoms with Gasteiger partial charge in [0.2, 0.25) is 5.91 Å². The molecule has 14 heteroatoms. The van der Waals surface area contributed by atoms with Crippen molar-refractivity contribution in [1.29, 1.82) is 0 Å². The Morgan fingerprint density at radius 1 is 1.00 bits per heavy atom. The van der Waals surface area contributed by atoms with Gasteiger partial charge >= 0.3 is 11.9 Å². The summed E-state index contributed by atoms with van der Waals surface area (Å²) in [5.74, 6) is -5.73. The molecule has 6 N–H and O–H groups in total. The van der Waals surface area contributed by atoms with Gasteiger partial charge in [0.15, 0.2) is 0 Å². The van der Waals surface area contributed by atoms with Crippen LogP contribution in [0.5, 0.6) is 0 Å². The van der Waals surface area contributed by atoms with E-state index < -0.39 is 59.6 Å². The summed E-state index contributed by atoms with van der Waals surface area (Å²) < 4.78 is 4.41. The van der Waals surface area contributed by atoms with Crippen LogP contribution in [0.2, 0.25) is 5.02 Å². The van der Waals surface area contributed by atoms with E-state index in [1.165, 1.54) is 30.3 Å². The second-order valence-corrected chi connectivity index (χ2v) is 10.4. The van der Waals surface area contributed by atoms with Gasteiger partial charge in [0, 0.05) is 17.7 Å². The molecule has 0 aliphatic heterocycles. The van der Waals surface area contributed by atoms with Crippen molar-refractivity contribution in [2.45, 2.75) is 32.9 Å². The number of hydrogen-bond acceptors (Lipinski definition) is 8. The predicted molar refractivity (Wildman–Crippen MR) is 153 cm³/mol. The zero-order valence-electron chi connectivity index (χ0n) is 23.3. The molecule has 0 saturated heterocycles. The molecule has 2 aromatic carbocycles. The maximum absolute atomic E-state index is 13.6. The van der Waals surface area contributed by atoms with Crippen LogP contribution in [-0.2, 0) is 28.7 Å². The Morgan fingerprint density at radius 2 is 1.64 bits per heavy atom.